The minimum absolute atomic E-state index is 0.140. The van der Waals surface area contributed by atoms with Crippen molar-refractivity contribution < 1.29 is 24.0 Å². The molecular formula is C35H29N5O6S2. The summed E-state index contributed by atoms with van der Waals surface area (Å²) in [6, 6.07) is 28.6. The van der Waals surface area contributed by atoms with E-state index in [0.717, 1.165) is 5.56 Å². The van der Waals surface area contributed by atoms with E-state index in [1.165, 1.54) is 47.4 Å². The molecule has 3 N–H and O–H groups in total. The number of anilines is 2. The molecule has 1 atom stereocenters. The molecule has 0 spiro atoms. The Bertz CT molecular complexity index is 2000. The molecular weight excluding hydrogens is 651 g/mol. The summed E-state index contributed by atoms with van der Waals surface area (Å²) >= 11 is 2.60. The molecule has 0 aliphatic heterocycles. The number of nitrogens with one attached hydrogen (secondary N) is 3. The van der Waals surface area contributed by atoms with Crippen molar-refractivity contribution in [1.29, 1.82) is 0 Å². The molecule has 0 fully saturated rings. The van der Waals surface area contributed by atoms with E-state index in [1.54, 1.807) is 74.7 Å². The standard InChI is InChI=1S/C35H29N5O6S2/c1-22(32(41)39-35-38-30(21-47-35)24-13-8-15-27(18-24)46-2)48-28-16-9-14-26(20-28)36-34(43)29(37-33(42)23-10-4-3-5-11-23)19-25-12-6-7-17-31(25)40(44)45/h3-22H,1-2H3,(H,36,43)(H,37,42)(H,38,39,41)/b29-19+. The number of thiazole rings is 1. The van der Waals surface area contributed by atoms with Gasteiger partial charge in [0.1, 0.15) is 11.4 Å². The van der Waals surface area contributed by atoms with Crippen LogP contribution in [0.1, 0.15) is 22.8 Å². The summed E-state index contributed by atoms with van der Waals surface area (Å²) in [5, 5.41) is 21.6. The van der Waals surface area contributed by atoms with E-state index in [0.29, 0.717) is 32.7 Å². The van der Waals surface area contributed by atoms with E-state index >= 15 is 0 Å². The summed E-state index contributed by atoms with van der Waals surface area (Å²) in [6.45, 7) is 1.76. The van der Waals surface area contributed by atoms with E-state index < -0.39 is 22.0 Å². The number of benzene rings is 4. The summed E-state index contributed by atoms with van der Waals surface area (Å²) in [5.74, 6) is -0.797. The zero-order chi connectivity index (χ0) is 34.0. The minimum Gasteiger partial charge on any atom is -0.497 e. The molecule has 4 aromatic carbocycles. The van der Waals surface area contributed by atoms with Crippen LogP contribution in [0.5, 0.6) is 5.75 Å². The van der Waals surface area contributed by atoms with Gasteiger partial charge in [-0.05, 0) is 61.5 Å². The molecule has 1 aromatic heterocycles. The lowest BCUT2D eigenvalue weighted by Gasteiger charge is -2.13. The Morgan fingerprint density at radius 3 is 2.46 bits per heavy atom. The number of nitro groups is 1. The second-order valence-corrected chi connectivity index (χ2v) is 12.5. The molecule has 0 aliphatic rings. The molecule has 1 heterocycles. The van der Waals surface area contributed by atoms with Gasteiger partial charge >= 0.3 is 0 Å². The number of amides is 3. The quantitative estimate of drug-likeness (QED) is 0.0539. The number of hydrogen-bond acceptors (Lipinski definition) is 9. The second-order valence-electron chi connectivity index (χ2n) is 10.2. The number of ether oxygens (including phenoxy) is 1. The van der Waals surface area contributed by atoms with Gasteiger partial charge in [-0.1, -0.05) is 48.5 Å². The van der Waals surface area contributed by atoms with Crippen LogP contribution in [0.25, 0.3) is 17.3 Å². The van der Waals surface area contributed by atoms with Crippen molar-refractivity contribution in [2.45, 2.75) is 17.1 Å². The molecule has 5 rings (SSSR count). The zero-order valence-electron chi connectivity index (χ0n) is 25.7. The zero-order valence-corrected chi connectivity index (χ0v) is 27.3. The number of carbonyl (C=O) groups excluding carboxylic acids is 3. The van der Waals surface area contributed by atoms with Gasteiger partial charge in [-0.3, -0.25) is 24.5 Å². The Morgan fingerprint density at radius 2 is 1.69 bits per heavy atom. The number of methoxy groups -OCH3 is 1. The first-order valence-electron chi connectivity index (χ1n) is 14.5. The monoisotopic (exact) mass is 679 g/mol. The van der Waals surface area contributed by atoms with E-state index in [9.17, 15) is 24.5 Å². The van der Waals surface area contributed by atoms with E-state index in [2.05, 4.69) is 20.9 Å². The third kappa shape index (κ3) is 8.72. The molecule has 1 unspecified atom stereocenters. The van der Waals surface area contributed by atoms with Crippen molar-refractivity contribution in [3.63, 3.8) is 0 Å². The number of para-hydroxylation sites is 1. The molecule has 48 heavy (non-hydrogen) atoms. The van der Waals surface area contributed by atoms with Crippen LogP contribution >= 0.6 is 23.1 Å². The van der Waals surface area contributed by atoms with Gasteiger partial charge in [0.05, 0.1) is 28.5 Å². The van der Waals surface area contributed by atoms with Crippen molar-refractivity contribution in [2.24, 2.45) is 0 Å². The first-order chi connectivity index (χ1) is 23.2. The van der Waals surface area contributed by atoms with Crippen LogP contribution in [0.4, 0.5) is 16.5 Å². The van der Waals surface area contributed by atoms with Gasteiger partial charge in [-0.25, -0.2) is 4.98 Å². The summed E-state index contributed by atoms with van der Waals surface area (Å²) in [7, 11) is 1.59. The highest BCUT2D eigenvalue weighted by atomic mass is 32.2. The van der Waals surface area contributed by atoms with Crippen LogP contribution < -0.4 is 20.7 Å². The predicted molar refractivity (Wildman–Crippen MR) is 188 cm³/mol. The lowest BCUT2D eigenvalue weighted by atomic mass is 10.1. The Morgan fingerprint density at radius 1 is 0.938 bits per heavy atom. The molecule has 11 nitrogen and oxygen atoms in total. The fraction of sp³-hybridized carbons (Fsp3) is 0.0857. The van der Waals surface area contributed by atoms with Crippen LogP contribution in [-0.4, -0.2) is 40.0 Å². The molecule has 13 heteroatoms. The predicted octanol–water partition coefficient (Wildman–Crippen LogP) is 7.26. The van der Waals surface area contributed by atoms with Gasteiger partial charge in [0.2, 0.25) is 5.91 Å². The maximum absolute atomic E-state index is 13.5. The number of carbonyl (C=O) groups is 3. The van der Waals surface area contributed by atoms with Crippen molar-refractivity contribution in [2.75, 3.05) is 17.7 Å². The number of nitro benzene ring substituents is 1. The third-order valence-electron chi connectivity index (χ3n) is 6.84. The van der Waals surface area contributed by atoms with Crippen molar-refractivity contribution in [3.8, 4) is 17.0 Å². The molecule has 0 saturated heterocycles. The summed E-state index contributed by atoms with van der Waals surface area (Å²) in [4.78, 5) is 55.8. The van der Waals surface area contributed by atoms with E-state index in [-0.39, 0.29) is 22.9 Å². The fourth-order valence-electron chi connectivity index (χ4n) is 4.43. The number of hydrogen-bond donors (Lipinski definition) is 3. The van der Waals surface area contributed by atoms with Gasteiger partial charge in [0, 0.05) is 33.2 Å². The maximum atomic E-state index is 13.5. The van der Waals surface area contributed by atoms with Crippen LogP contribution in [0.3, 0.4) is 0 Å². The van der Waals surface area contributed by atoms with Gasteiger partial charge in [0.15, 0.2) is 5.13 Å². The van der Waals surface area contributed by atoms with Gasteiger partial charge in [0.25, 0.3) is 17.5 Å². The lowest BCUT2D eigenvalue weighted by molar-refractivity contribution is -0.385. The topological polar surface area (TPSA) is 153 Å². The van der Waals surface area contributed by atoms with Crippen LogP contribution in [-0.2, 0) is 9.59 Å². The first kappa shape index (κ1) is 33.6. The molecule has 0 radical (unpaired) electrons. The molecule has 242 valence electrons. The van der Waals surface area contributed by atoms with Crippen molar-refractivity contribution in [1.82, 2.24) is 10.3 Å². The maximum Gasteiger partial charge on any atom is 0.276 e. The highest BCUT2D eigenvalue weighted by Gasteiger charge is 2.20. The first-order valence-corrected chi connectivity index (χ1v) is 16.3. The summed E-state index contributed by atoms with van der Waals surface area (Å²) in [6.07, 6.45) is 1.26. The summed E-state index contributed by atoms with van der Waals surface area (Å²) in [5.41, 5.74) is 2.00. The van der Waals surface area contributed by atoms with Gasteiger partial charge in [-0.15, -0.1) is 23.1 Å². The Hall–Kier alpha value is -5.79. The fourth-order valence-corrected chi connectivity index (χ4v) is 6.08. The Kier molecular flexibility index (Phi) is 11.0. The molecule has 5 aromatic rings. The van der Waals surface area contributed by atoms with Gasteiger partial charge < -0.3 is 20.7 Å². The molecule has 0 bridgehead atoms. The SMILES string of the molecule is COc1cccc(-c2csc(NC(=O)C(C)Sc3cccc(NC(=O)/C(=C\c4ccccc4[N+](=O)[O-])NC(=O)c4ccccc4)c3)n2)c1. The summed E-state index contributed by atoms with van der Waals surface area (Å²) < 4.78 is 5.28. The smallest absolute Gasteiger partial charge is 0.276 e. The van der Waals surface area contributed by atoms with E-state index in [1.807, 2.05) is 29.6 Å². The highest BCUT2D eigenvalue weighted by molar-refractivity contribution is 8.00. The highest BCUT2D eigenvalue weighted by Crippen LogP contribution is 2.30. The normalized spacial score (nSPS) is 11.7. The average molecular weight is 680 g/mol. The number of aromatic nitrogens is 1. The Labute approximate surface area is 284 Å². The Balaban J connectivity index is 1.28. The molecule has 0 aliphatic carbocycles. The number of thioether (sulfide) groups is 1. The minimum atomic E-state index is -0.694. The third-order valence-corrected chi connectivity index (χ3v) is 8.69. The number of rotatable bonds is 12. The van der Waals surface area contributed by atoms with Crippen LogP contribution in [0.15, 0.2) is 119 Å². The second kappa shape index (κ2) is 15.7. The molecule has 3 amide bonds. The number of nitrogens with zero attached hydrogens (tertiary/aromatic N) is 2. The molecule has 0 saturated carbocycles. The average Bonchev–Trinajstić information content (AvgIpc) is 3.57. The lowest BCUT2D eigenvalue weighted by Crippen LogP contribution is -2.30. The van der Waals surface area contributed by atoms with Crippen LogP contribution in [0, 0.1) is 10.1 Å². The van der Waals surface area contributed by atoms with Crippen LogP contribution in [0.2, 0.25) is 0 Å². The van der Waals surface area contributed by atoms with Crippen molar-refractivity contribution in [3.05, 3.63) is 135 Å². The van der Waals surface area contributed by atoms with E-state index in [4.69, 9.17) is 4.74 Å². The van der Waals surface area contributed by atoms with Crippen molar-refractivity contribution >= 4 is 63.4 Å². The van der Waals surface area contributed by atoms with Gasteiger partial charge in [-0.2, -0.15) is 0 Å². The largest absolute Gasteiger partial charge is 0.497 e.